The number of carbonyl (C=O) groups is 1. The summed E-state index contributed by atoms with van der Waals surface area (Å²) in [6.07, 6.45) is 2.92. The van der Waals surface area contributed by atoms with Gasteiger partial charge < -0.3 is 10.8 Å². The van der Waals surface area contributed by atoms with Crippen molar-refractivity contribution in [1.82, 2.24) is 19.7 Å². The summed E-state index contributed by atoms with van der Waals surface area (Å²) in [6.45, 7) is 3.66. The minimum Gasteiger partial charge on any atom is -0.476 e. The standard InChI is InChI=1S/C10H11N5O2/c1-5-6(2)13-8(3-12-5)15-4-7(11)9(14-15)10(16)17/h3-4H,11H2,1-2H3,(H,16,17). The molecule has 2 aromatic heterocycles. The van der Waals surface area contributed by atoms with Crippen LogP contribution in [0.2, 0.25) is 0 Å². The van der Waals surface area contributed by atoms with E-state index >= 15 is 0 Å². The molecule has 17 heavy (non-hydrogen) atoms. The maximum Gasteiger partial charge on any atom is 0.358 e. The fourth-order valence-electron chi connectivity index (χ4n) is 1.31. The van der Waals surface area contributed by atoms with Crippen LogP contribution in [0.25, 0.3) is 5.82 Å². The molecular weight excluding hydrogens is 222 g/mol. The summed E-state index contributed by atoms with van der Waals surface area (Å²) in [5.74, 6) is -0.731. The van der Waals surface area contributed by atoms with Crippen molar-refractivity contribution in [3.8, 4) is 5.82 Å². The molecule has 0 aliphatic carbocycles. The van der Waals surface area contributed by atoms with E-state index in [0.717, 1.165) is 11.4 Å². The van der Waals surface area contributed by atoms with Crippen LogP contribution in [0, 0.1) is 13.8 Å². The highest BCUT2D eigenvalue weighted by Gasteiger charge is 2.14. The summed E-state index contributed by atoms with van der Waals surface area (Å²) >= 11 is 0. The SMILES string of the molecule is Cc1ncc(-n2cc(N)c(C(=O)O)n2)nc1C. The van der Waals surface area contributed by atoms with E-state index in [1.807, 2.05) is 13.8 Å². The van der Waals surface area contributed by atoms with Gasteiger partial charge in [-0.15, -0.1) is 0 Å². The average Bonchev–Trinajstić information content (AvgIpc) is 2.64. The third-order valence-electron chi connectivity index (χ3n) is 2.36. The van der Waals surface area contributed by atoms with Gasteiger partial charge in [-0.25, -0.2) is 14.5 Å². The summed E-state index contributed by atoms with van der Waals surface area (Å²) < 4.78 is 1.30. The molecular formula is C10H11N5O2. The number of nitrogens with zero attached hydrogens (tertiary/aromatic N) is 4. The van der Waals surface area contributed by atoms with Crippen LogP contribution in [-0.4, -0.2) is 30.8 Å². The molecule has 0 saturated heterocycles. The highest BCUT2D eigenvalue weighted by molar-refractivity contribution is 5.91. The van der Waals surface area contributed by atoms with Crippen LogP contribution in [0.3, 0.4) is 0 Å². The van der Waals surface area contributed by atoms with Crippen LogP contribution in [0.15, 0.2) is 12.4 Å². The Labute approximate surface area is 96.9 Å². The summed E-state index contributed by atoms with van der Waals surface area (Å²) in [4.78, 5) is 19.2. The van der Waals surface area contributed by atoms with Crippen LogP contribution < -0.4 is 5.73 Å². The largest absolute Gasteiger partial charge is 0.476 e. The van der Waals surface area contributed by atoms with Gasteiger partial charge in [0.1, 0.15) is 0 Å². The molecule has 0 aromatic carbocycles. The second-order valence-corrected chi connectivity index (χ2v) is 3.58. The minimum absolute atomic E-state index is 0.0949. The lowest BCUT2D eigenvalue weighted by atomic mass is 10.3. The molecule has 88 valence electrons. The minimum atomic E-state index is -1.17. The van der Waals surface area contributed by atoms with E-state index < -0.39 is 5.97 Å². The van der Waals surface area contributed by atoms with Gasteiger partial charge in [0.15, 0.2) is 11.5 Å². The molecule has 3 N–H and O–H groups in total. The van der Waals surface area contributed by atoms with Crippen LogP contribution >= 0.6 is 0 Å². The van der Waals surface area contributed by atoms with E-state index in [1.54, 1.807) is 0 Å². The first kappa shape index (κ1) is 11.1. The van der Waals surface area contributed by atoms with Gasteiger partial charge in [-0.2, -0.15) is 5.10 Å². The number of aromatic carboxylic acids is 1. The lowest BCUT2D eigenvalue weighted by Crippen LogP contribution is -2.05. The first-order valence-electron chi connectivity index (χ1n) is 4.88. The van der Waals surface area contributed by atoms with Crippen molar-refractivity contribution in [2.24, 2.45) is 0 Å². The molecule has 0 radical (unpaired) electrons. The summed E-state index contributed by atoms with van der Waals surface area (Å²) in [6, 6.07) is 0. The molecule has 7 heteroatoms. The molecule has 2 heterocycles. The fraction of sp³-hybridized carbons (Fsp3) is 0.200. The molecule has 2 aromatic rings. The molecule has 0 aliphatic heterocycles. The van der Waals surface area contributed by atoms with Gasteiger partial charge in [0.2, 0.25) is 0 Å². The van der Waals surface area contributed by atoms with Gasteiger partial charge in [-0.05, 0) is 13.8 Å². The van der Waals surface area contributed by atoms with Gasteiger partial charge in [0.25, 0.3) is 0 Å². The number of aryl methyl sites for hydroxylation is 2. The fourth-order valence-corrected chi connectivity index (χ4v) is 1.31. The molecule has 0 saturated carbocycles. The third-order valence-corrected chi connectivity index (χ3v) is 2.36. The highest BCUT2D eigenvalue weighted by atomic mass is 16.4. The third kappa shape index (κ3) is 1.94. The number of nitrogens with two attached hydrogens (primary N) is 1. The Bertz CT molecular complexity index is 590. The van der Waals surface area contributed by atoms with Crippen molar-refractivity contribution >= 4 is 11.7 Å². The Morgan fingerprint density at radius 1 is 1.41 bits per heavy atom. The second-order valence-electron chi connectivity index (χ2n) is 3.58. The first-order valence-corrected chi connectivity index (χ1v) is 4.88. The lowest BCUT2D eigenvalue weighted by Gasteiger charge is -2.02. The number of carboxylic acids is 1. The van der Waals surface area contributed by atoms with E-state index in [4.69, 9.17) is 10.8 Å². The van der Waals surface area contributed by atoms with Gasteiger partial charge >= 0.3 is 5.97 Å². The Kier molecular flexibility index (Phi) is 2.51. The molecule has 0 bridgehead atoms. The van der Waals surface area contributed by atoms with E-state index in [9.17, 15) is 4.79 Å². The smallest absolute Gasteiger partial charge is 0.358 e. The Balaban J connectivity index is 2.50. The molecule has 0 amide bonds. The predicted molar refractivity (Wildman–Crippen MR) is 60.0 cm³/mol. The number of carboxylic acid groups (broad SMARTS) is 1. The van der Waals surface area contributed by atoms with Crippen molar-refractivity contribution in [1.29, 1.82) is 0 Å². The van der Waals surface area contributed by atoms with Gasteiger partial charge in [0.05, 0.1) is 29.5 Å². The van der Waals surface area contributed by atoms with Gasteiger partial charge in [-0.1, -0.05) is 0 Å². The van der Waals surface area contributed by atoms with Crippen LogP contribution in [0.4, 0.5) is 5.69 Å². The molecule has 0 fully saturated rings. The Hall–Kier alpha value is -2.44. The van der Waals surface area contributed by atoms with Gasteiger partial charge in [-0.3, -0.25) is 4.98 Å². The zero-order valence-corrected chi connectivity index (χ0v) is 9.38. The molecule has 0 atom stereocenters. The number of hydrogen-bond acceptors (Lipinski definition) is 5. The van der Waals surface area contributed by atoms with Crippen molar-refractivity contribution in [2.75, 3.05) is 5.73 Å². The lowest BCUT2D eigenvalue weighted by molar-refractivity contribution is 0.0691. The van der Waals surface area contributed by atoms with Crippen LogP contribution in [0.5, 0.6) is 0 Å². The molecule has 0 aliphatic rings. The van der Waals surface area contributed by atoms with Gasteiger partial charge in [0, 0.05) is 0 Å². The van der Waals surface area contributed by atoms with Crippen LogP contribution in [-0.2, 0) is 0 Å². The zero-order chi connectivity index (χ0) is 12.6. The van der Waals surface area contributed by atoms with Crippen molar-refractivity contribution in [3.63, 3.8) is 0 Å². The molecule has 0 unspecified atom stereocenters. The second kappa shape index (κ2) is 3.85. The monoisotopic (exact) mass is 233 g/mol. The number of anilines is 1. The maximum absolute atomic E-state index is 10.8. The normalized spacial score (nSPS) is 10.5. The van der Waals surface area contributed by atoms with Crippen molar-refractivity contribution in [3.05, 3.63) is 29.5 Å². The quantitative estimate of drug-likeness (QED) is 0.784. The molecule has 0 spiro atoms. The van der Waals surface area contributed by atoms with E-state index in [0.29, 0.717) is 5.82 Å². The van der Waals surface area contributed by atoms with Crippen molar-refractivity contribution in [2.45, 2.75) is 13.8 Å². The highest BCUT2D eigenvalue weighted by Crippen LogP contribution is 2.13. The predicted octanol–water partition coefficient (Wildman–Crippen LogP) is 0.560. The summed E-state index contributed by atoms with van der Waals surface area (Å²) in [5, 5.41) is 12.7. The summed E-state index contributed by atoms with van der Waals surface area (Å²) in [7, 11) is 0. The maximum atomic E-state index is 10.8. The van der Waals surface area contributed by atoms with E-state index in [1.165, 1.54) is 17.1 Å². The van der Waals surface area contributed by atoms with Crippen molar-refractivity contribution < 1.29 is 9.90 Å². The number of rotatable bonds is 2. The average molecular weight is 233 g/mol. The zero-order valence-electron chi connectivity index (χ0n) is 9.38. The number of hydrogen-bond donors (Lipinski definition) is 2. The first-order chi connectivity index (χ1) is 7.99. The topological polar surface area (TPSA) is 107 Å². The number of aromatic nitrogens is 4. The van der Waals surface area contributed by atoms with E-state index in [2.05, 4.69) is 15.1 Å². The summed E-state index contributed by atoms with van der Waals surface area (Å²) in [5.41, 5.74) is 7.01. The Morgan fingerprint density at radius 2 is 2.12 bits per heavy atom. The Morgan fingerprint density at radius 3 is 2.65 bits per heavy atom. The molecule has 7 nitrogen and oxygen atoms in total. The molecule has 2 rings (SSSR count). The van der Waals surface area contributed by atoms with Crippen LogP contribution in [0.1, 0.15) is 21.9 Å². The number of nitrogen functional groups attached to an aromatic ring is 1. The van der Waals surface area contributed by atoms with E-state index in [-0.39, 0.29) is 11.4 Å².